The zero-order chi connectivity index (χ0) is 30.7. The first-order chi connectivity index (χ1) is 20.7. The van der Waals surface area contributed by atoms with Gasteiger partial charge in [-0.25, -0.2) is 14.3 Å². The highest BCUT2D eigenvalue weighted by molar-refractivity contribution is 8.00. The van der Waals surface area contributed by atoms with E-state index in [9.17, 15) is 19.5 Å². The second-order valence-corrected chi connectivity index (χ2v) is 11.4. The quantitative estimate of drug-likeness (QED) is 0.0435. The molecule has 0 aromatic carbocycles. The fourth-order valence-corrected chi connectivity index (χ4v) is 6.46. The molecular weight excluding hydrogens is 598 g/mol. The number of β-lactam (4-membered cyclic amide) rings is 1. The summed E-state index contributed by atoms with van der Waals surface area (Å²) in [6.45, 7) is 4.96. The molecule has 3 aromatic heterocycles. The molecule has 0 saturated carbocycles. The van der Waals surface area contributed by atoms with E-state index in [4.69, 9.17) is 16.3 Å². The van der Waals surface area contributed by atoms with Crippen LogP contribution in [-0.4, -0.2) is 90.8 Å². The molecular formula is C25H30N11O5S2+. The molecule has 2 aliphatic heterocycles. The molecule has 0 unspecified atom stereocenters. The fraction of sp³-hybridized carbons (Fsp3) is 0.360. The molecule has 0 bridgehead atoms. The van der Waals surface area contributed by atoms with Crippen molar-refractivity contribution in [3.05, 3.63) is 46.9 Å². The van der Waals surface area contributed by atoms with Gasteiger partial charge in [-0.2, -0.15) is 0 Å². The number of aromatic nitrogens is 4. The van der Waals surface area contributed by atoms with Crippen molar-refractivity contribution in [1.82, 2.24) is 24.8 Å². The molecule has 2 atom stereocenters. The number of hydrogen-bond acceptors (Lipinski definition) is 12. The van der Waals surface area contributed by atoms with Crippen molar-refractivity contribution >= 4 is 69.0 Å². The van der Waals surface area contributed by atoms with Crippen LogP contribution in [0, 0.1) is 0 Å². The average Bonchev–Trinajstić information content (AvgIpc) is 3.59. The van der Waals surface area contributed by atoms with Crippen LogP contribution < -0.4 is 26.7 Å². The molecule has 43 heavy (non-hydrogen) atoms. The summed E-state index contributed by atoms with van der Waals surface area (Å²) in [6.07, 6.45) is 3.56. The Morgan fingerprint density at radius 1 is 1.35 bits per heavy atom. The van der Waals surface area contributed by atoms with Crippen molar-refractivity contribution in [2.24, 2.45) is 15.9 Å². The first-order valence-electron chi connectivity index (χ1n) is 13.2. The van der Waals surface area contributed by atoms with Crippen LogP contribution in [0.5, 0.6) is 0 Å². The lowest BCUT2D eigenvalue weighted by Crippen LogP contribution is -2.71. The van der Waals surface area contributed by atoms with Crippen molar-refractivity contribution in [1.29, 1.82) is 0 Å². The minimum absolute atomic E-state index is 0.0939. The standard InChI is InChI=1S/C25H29N11O5S2/c1-3-41-33-18(15-12-43-25(27)30-15)21(37)31-19-22(38)36-20(24(39)40)14(11-42-23(19)36)10-34-8-9-35-17(34)5-4-16(32-35)29-7-6-28-13(2)26/h4-5,8-9,12,19,23H,3,6-7,10-11H2,1-2H3,(H6-,26,27,28,29,30,31,32,37,39,40)/p+1/b33-18-/t19-,23-/m1/s1. The van der Waals surface area contributed by atoms with Gasteiger partial charge in [-0.3, -0.25) is 19.5 Å². The molecule has 2 aliphatic rings. The van der Waals surface area contributed by atoms with Gasteiger partial charge in [0.15, 0.2) is 22.9 Å². The number of thioether (sulfide) groups is 1. The summed E-state index contributed by atoms with van der Waals surface area (Å²) >= 11 is 2.50. The van der Waals surface area contributed by atoms with E-state index in [0.29, 0.717) is 36.1 Å². The molecule has 3 aromatic rings. The summed E-state index contributed by atoms with van der Waals surface area (Å²) in [5, 5.41) is 25.6. The maximum atomic E-state index is 13.2. The number of amidine groups is 1. The van der Waals surface area contributed by atoms with Gasteiger partial charge < -0.3 is 32.0 Å². The van der Waals surface area contributed by atoms with Crippen LogP contribution in [0.2, 0.25) is 0 Å². The number of aliphatic carboxylic acids is 1. The number of carboxylic acids is 1. The van der Waals surface area contributed by atoms with Gasteiger partial charge in [0.1, 0.15) is 42.2 Å². The molecule has 0 aliphatic carbocycles. The van der Waals surface area contributed by atoms with Gasteiger partial charge in [0, 0.05) is 29.3 Å². The highest BCUT2D eigenvalue weighted by Crippen LogP contribution is 2.40. The normalized spacial score (nSPS) is 18.8. The van der Waals surface area contributed by atoms with Gasteiger partial charge >= 0.3 is 11.6 Å². The number of anilines is 2. The number of nitrogens with one attached hydrogen (secondary N) is 2. The predicted octanol–water partition coefficient (Wildman–Crippen LogP) is -0.371. The summed E-state index contributed by atoms with van der Waals surface area (Å²) < 4.78 is 3.54. The second kappa shape index (κ2) is 12.7. The van der Waals surface area contributed by atoms with Crippen LogP contribution in [0.1, 0.15) is 19.5 Å². The van der Waals surface area contributed by atoms with E-state index in [1.54, 1.807) is 36.1 Å². The number of imidazole rings is 1. The number of hydrogen-bond donors (Lipinski definition) is 5. The summed E-state index contributed by atoms with van der Waals surface area (Å²) in [4.78, 5) is 53.2. The van der Waals surface area contributed by atoms with Gasteiger partial charge in [-0.15, -0.1) is 23.1 Å². The number of amides is 2. The van der Waals surface area contributed by atoms with Crippen molar-refractivity contribution in [3.63, 3.8) is 0 Å². The number of carbonyl (C=O) groups is 3. The van der Waals surface area contributed by atoms with Crippen molar-refractivity contribution in [3.8, 4) is 0 Å². The number of thiazole rings is 1. The van der Waals surface area contributed by atoms with Crippen molar-refractivity contribution in [2.45, 2.75) is 31.8 Å². The molecule has 5 heterocycles. The maximum absolute atomic E-state index is 13.2. The summed E-state index contributed by atoms with van der Waals surface area (Å²) in [7, 11) is 0. The lowest BCUT2D eigenvalue weighted by molar-refractivity contribution is -0.662. The summed E-state index contributed by atoms with van der Waals surface area (Å²) in [6, 6.07) is 2.73. The third kappa shape index (κ3) is 6.24. The van der Waals surface area contributed by atoms with Crippen LogP contribution in [-0.2, 0) is 25.8 Å². The van der Waals surface area contributed by atoms with Crippen LogP contribution >= 0.6 is 23.1 Å². The Balaban J connectivity index is 1.30. The van der Waals surface area contributed by atoms with Crippen LogP contribution in [0.25, 0.3) is 5.65 Å². The van der Waals surface area contributed by atoms with Gasteiger partial charge in [0.05, 0.1) is 12.4 Å². The third-order valence-electron chi connectivity index (χ3n) is 6.46. The van der Waals surface area contributed by atoms with E-state index < -0.39 is 29.2 Å². The Kier molecular flexibility index (Phi) is 8.76. The molecule has 2 amide bonds. The number of rotatable bonds is 12. The Morgan fingerprint density at radius 3 is 2.86 bits per heavy atom. The average molecular weight is 629 g/mol. The number of carbonyl (C=O) groups excluding carboxylic acids is 2. The Labute approximate surface area is 253 Å². The van der Waals surface area contributed by atoms with E-state index in [-0.39, 0.29) is 35.4 Å². The lowest BCUT2D eigenvalue weighted by Gasteiger charge is -2.49. The van der Waals surface area contributed by atoms with Crippen molar-refractivity contribution in [2.75, 3.05) is 36.5 Å². The van der Waals surface area contributed by atoms with Crippen molar-refractivity contribution < 1.29 is 28.9 Å². The van der Waals surface area contributed by atoms with E-state index in [1.165, 1.54) is 16.7 Å². The van der Waals surface area contributed by atoms with E-state index in [1.807, 2.05) is 16.7 Å². The molecule has 16 nitrogen and oxygen atoms in total. The van der Waals surface area contributed by atoms with Gasteiger partial charge in [-0.1, -0.05) is 14.8 Å². The molecule has 1 saturated heterocycles. The number of nitrogens with two attached hydrogens (primary N) is 2. The first kappa shape index (κ1) is 29.8. The molecule has 18 heteroatoms. The predicted molar refractivity (Wildman–Crippen MR) is 160 cm³/mol. The fourth-order valence-electron chi connectivity index (χ4n) is 4.58. The number of carboxylic acid groups (broad SMARTS) is 1. The number of oxime groups is 1. The minimum Gasteiger partial charge on any atom is -0.477 e. The SMILES string of the molecule is CCO/N=C(\C(=O)N[C@@H]1C(=O)N2C(C(=O)O)=C(C[n+]3ccn4nc(NCCN=C(C)N)ccc43)CS[C@H]12)c1csc(N)n1. The topological polar surface area (TPSA) is 219 Å². The Morgan fingerprint density at radius 2 is 2.16 bits per heavy atom. The number of aliphatic imine (C=N–C) groups is 1. The summed E-state index contributed by atoms with van der Waals surface area (Å²) in [5.74, 6) is -0.940. The maximum Gasteiger partial charge on any atom is 0.352 e. The van der Waals surface area contributed by atoms with E-state index in [0.717, 1.165) is 17.0 Å². The van der Waals surface area contributed by atoms with Crippen LogP contribution in [0.15, 0.2) is 51.3 Å². The molecule has 0 spiro atoms. The number of fused-ring (bicyclic) bond motifs is 2. The minimum atomic E-state index is -1.22. The molecule has 0 radical (unpaired) electrons. The monoisotopic (exact) mass is 628 g/mol. The molecule has 1 fully saturated rings. The van der Waals surface area contributed by atoms with Gasteiger partial charge in [0.2, 0.25) is 0 Å². The molecule has 7 N–H and O–H groups in total. The first-order valence-corrected chi connectivity index (χ1v) is 15.1. The van der Waals surface area contributed by atoms with Gasteiger partial charge in [-0.05, 0) is 19.9 Å². The smallest absolute Gasteiger partial charge is 0.352 e. The second-order valence-electron chi connectivity index (χ2n) is 9.44. The number of nitrogen functional groups attached to an aromatic ring is 1. The van der Waals surface area contributed by atoms with Crippen LogP contribution in [0.3, 0.4) is 0 Å². The zero-order valence-corrected chi connectivity index (χ0v) is 24.9. The van der Waals surface area contributed by atoms with E-state index in [2.05, 4.69) is 30.9 Å². The van der Waals surface area contributed by atoms with Crippen LogP contribution in [0.4, 0.5) is 10.9 Å². The molecule has 5 rings (SSSR count). The lowest BCUT2D eigenvalue weighted by atomic mass is 10.0. The largest absolute Gasteiger partial charge is 0.477 e. The third-order valence-corrected chi connectivity index (χ3v) is 8.48. The number of nitrogens with zero attached hydrogens (tertiary/aromatic N) is 7. The van der Waals surface area contributed by atoms with Gasteiger partial charge in [0.25, 0.3) is 11.8 Å². The molecule has 226 valence electrons. The highest BCUT2D eigenvalue weighted by Gasteiger charge is 2.54. The van der Waals surface area contributed by atoms with E-state index >= 15 is 0 Å². The highest BCUT2D eigenvalue weighted by atomic mass is 32.2. The Hall–Kier alpha value is -4.71. The zero-order valence-electron chi connectivity index (χ0n) is 23.3. The Bertz CT molecular complexity index is 1660. The summed E-state index contributed by atoms with van der Waals surface area (Å²) in [5.41, 5.74) is 12.5.